The number of rotatable bonds is 6. The average molecular weight is 605 g/mol. The van der Waals surface area contributed by atoms with E-state index < -0.39 is 98.7 Å². The van der Waals surface area contributed by atoms with E-state index in [1.807, 2.05) is 0 Å². The predicted octanol–water partition coefficient (Wildman–Crippen LogP) is 1.31. The number of Topliss-reactive ketones (excluding diaryl/α,β-unsaturated/α-hetero) is 1. The third-order valence-corrected chi connectivity index (χ3v) is 12.5. The average Bonchev–Trinajstić information content (AvgIpc) is 3.59. The van der Waals surface area contributed by atoms with Gasteiger partial charge in [-0.2, -0.15) is 0 Å². The fraction of sp³-hybridized carbons (Fsp3) is 0.742. The van der Waals surface area contributed by atoms with Gasteiger partial charge in [-0.25, -0.2) is 0 Å². The first-order chi connectivity index (χ1) is 19.8. The van der Waals surface area contributed by atoms with Gasteiger partial charge in [-0.15, -0.1) is 0 Å². The highest BCUT2D eigenvalue weighted by Crippen LogP contribution is 2.83. The zero-order chi connectivity index (χ0) is 31.8. The monoisotopic (exact) mass is 604 g/mol. The van der Waals surface area contributed by atoms with E-state index in [-0.39, 0.29) is 31.2 Å². The van der Waals surface area contributed by atoms with E-state index in [1.54, 1.807) is 27.7 Å². The molecule has 1 saturated heterocycles. The first-order valence-corrected chi connectivity index (χ1v) is 14.8. The number of ketones is 1. The highest BCUT2D eigenvalue weighted by atomic mass is 16.6. The van der Waals surface area contributed by atoms with Gasteiger partial charge in [0.25, 0.3) is 0 Å². The second kappa shape index (κ2) is 8.68. The molecule has 4 N–H and O–H groups in total. The van der Waals surface area contributed by atoms with Crippen molar-refractivity contribution in [3.05, 3.63) is 24.2 Å². The van der Waals surface area contributed by atoms with Crippen molar-refractivity contribution in [2.45, 2.75) is 101 Å². The molecular formula is C31H40O12. The standard InChI is InChI=1S/C31H40O12/c1-15(2)22(35)43-23-26(4)14-29(37)27(5,17(26)11-19(32)40-6)28(36)9-8-25(3,21(34)16-7-10-41-13-16)18-12-20(33)42-24(30(18,28)38)31(23,29)39/h7,10,13,15,17-18,23-24,36-39H,8-9,11-12,14H2,1-6H3. The minimum atomic E-state index is -2.63. The van der Waals surface area contributed by atoms with E-state index in [0.717, 1.165) is 0 Å². The molecule has 0 aromatic carbocycles. The molecule has 4 aliphatic carbocycles. The van der Waals surface area contributed by atoms with E-state index in [2.05, 4.69) is 0 Å². The maximum atomic E-state index is 14.0. The third-order valence-electron chi connectivity index (χ3n) is 12.5. The Morgan fingerprint density at radius 2 is 1.72 bits per heavy atom. The number of carbonyl (C=O) groups excluding carboxylic acids is 4. The van der Waals surface area contributed by atoms with Gasteiger partial charge >= 0.3 is 17.9 Å². The van der Waals surface area contributed by atoms with Crippen molar-refractivity contribution in [3.8, 4) is 0 Å². The van der Waals surface area contributed by atoms with E-state index in [0.29, 0.717) is 0 Å². The summed E-state index contributed by atoms with van der Waals surface area (Å²) in [6.07, 6.45) is -2.27. The summed E-state index contributed by atoms with van der Waals surface area (Å²) in [4.78, 5) is 53.3. The van der Waals surface area contributed by atoms with Crippen molar-refractivity contribution in [3.63, 3.8) is 0 Å². The minimum Gasteiger partial charge on any atom is -0.472 e. The first-order valence-electron chi connectivity index (χ1n) is 14.8. The second-order valence-corrected chi connectivity index (χ2v) is 14.4. The van der Waals surface area contributed by atoms with E-state index in [9.17, 15) is 39.6 Å². The van der Waals surface area contributed by atoms with Crippen LogP contribution in [0.4, 0.5) is 0 Å². The van der Waals surface area contributed by atoms with Gasteiger partial charge in [-0.05, 0) is 31.2 Å². The van der Waals surface area contributed by atoms with Gasteiger partial charge in [0, 0.05) is 28.6 Å². The molecule has 43 heavy (non-hydrogen) atoms. The summed E-state index contributed by atoms with van der Waals surface area (Å²) in [6.45, 7) is 7.93. The molecule has 6 rings (SSSR count). The number of hydrogen-bond acceptors (Lipinski definition) is 12. The van der Waals surface area contributed by atoms with Crippen molar-refractivity contribution in [1.82, 2.24) is 0 Å². The van der Waals surface area contributed by atoms with Gasteiger partial charge in [0.1, 0.15) is 29.2 Å². The van der Waals surface area contributed by atoms with Crippen molar-refractivity contribution in [2.24, 2.45) is 34.0 Å². The summed E-state index contributed by atoms with van der Waals surface area (Å²) in [6, 6.07) is 1.47. The maximum absolute atomic E-state index is 14.0. The van der Waals surface area contributed by atoms with Crippen LogP contribution in [0.3, 0.4) is 0 Å². The lowest BCUT2D eigenvalue weighted by Crippen LogP contribution is -2.94. The van der Waals surface area contributed by atoms with Crippen molar-refractivity contribution < 1.29 is 58.2 Å². The Balaban J connectivity index is 1.63. The van der Waals surface area contributed by atoms with Crippen molar-refractivity contribution in [1.29, 1.82) is 0 Å². The Hall–Kier alpha value is -2.80. The van der Waals surface area contributed by atoms with Crippen LogP contribution < -0.4 is 0 Å². The topological polar surface area (TPSA) is 190 Å². The molecule has 0 amide bonds. The Bertz CT molecular complexity index is 1400. The summed E-state index contributed by atoms with van der Waals surface area (Å²) >= 11 is 0. The summed E-state index contributed by atoms with van der Waals surface area (Å²) in [7, 11) is 1.20. The summed E-state index contributed by atoms with van der Waals surface area (Å²) < 4.78 is 21.8. The number of furan rings is 1. The lowest BCUT2D eigenvalue weighted by Gasteiger charge is -2.76. The molecule has 1 aromatic rings. The number of fused-ring (bicyclic) bond motifs is 3. The Kier molecular flexibility index (Phi) is 6.10. The van der Waals surface area contributed by atoms with Crippen LogP contribution in [0.25, 0.3) is 0 Å². The van der Waals surface area contributed by atoms with Crippen LogP contribution in [0, 0.1) is 34.0 Å². The van der Waals surface area contributed by atoms with Gasteiger partial charge in [0.15, 0.2) is 17.5 Å². The van der Waals surface area contributed by atoms with Crippen LogP contribution in [-0.2, 0) is 28.6 Å². The number of ether oxygens (including phenoxy) is 3. The molecule has 4 saturated carbocycles. The van der Waals surface area contributed by atoms with Crippen molar-refractivity contribution in [2.75, 3.05) is 7.11 Å². The zero-order valence-corrected chi connectivity index (χ0v) is 25.2. The summed E-state index contributed by atoms with van der Waals surface area (Å²) in [5, 5.41) is 51.6. The van der Waals surface area contributed by atoms with Gasteiger partial charge in [-0.1, -0.05) is 34.6 Å². The molecule has 1 aliphatic heterocycles. The maximum Gasteiger partial charge on any atom is 0.308 e. The van der Waals surface area contributed by atoms with E-state index in [4.69, 9.17) is 18.6 Å². The lowest BCUT2D eigenvalue weighted by molar-refractivity contribution is -0.439. The van der Waals surface area contributed by atoms with Crippen LogP contribution in [0.5, 0.6) is 0 Å². The zero-order valence-electron chi connectivity index (χ0n) is 25.2. The van der Waals surface area contributed by atoms with Gasteiger partial charge in [-0.3, -0.25) is 19.2 Å². The van der Waals surface area contributed by atoms with E-state index in [1.165, 1.54) is 32.6 Å². The normalized spacial score (nSPS) is 49.3. The van der Waals surface area contributed by atoms with Crippen LogP contribution in [0.2, 0.25) is 0 Å². The molecule has 236 valence electrons. The number of esters is 3. The minimum absolute atomic E-state index is 0.00197. The molecule has 11 unspecified atom stereocenters. The molecule has 2 heterocycles. The van der Waals surface area contributed by atoms with Crippen LogP contribution in [0.15, 0.2) is 23.0 Å². The molecule has 1 aromatic heterocycles. The van der Waals surface area contributed by atoms with Crippen LogP contribution >= 0.6 is 0 Å². The molecular weight excluding hydrogens is 564 g/mol. The molecule has 12 nitrogen and oxygen atoms in total. The molecule has 12 heteroatoms. The smallest absolute Gasteiger partial charge is 0.308 e. The van der Waals surface area contributed by atoms with E-state index >= 15 is 0 Å². The van der Waals surface area contributed by atoms with Crippen LogP contribution in [-0.4, -0.2) is 85.8 Å². The van der Waals surface area contributed by atoms with Crippen molar-refractivity contribution >= 4 is 23.7 Å². The Morgan fingerprint density at radius 1 is 1.05 bits per heavy atom. The highest BCUT2D eigenvalue weighted by molar-refractivity contribution is 6.01. The summed E-state index contributed by atoms with van der Waals surface area (Å²) in [5.74, 6) is -5.61. The Labute approximate surface area is 248 Å². The molecule has 5 fully saturated rings. The number of aliphatic hydroxyl groups is 4. The SMILES string of the molecule is COC(=O)CC1C2(C)CC3(O)C(O)(C2OC(=O)C(C)C)C2OC(=O)CC4C(C)(C(=O)c5ccoc5)CCC(O)(C42O)C13C. The van der Waals surface area contributed by atoms with Gasteiger partial charge < -0.3 is 39.1 Å². The molecule has 11 atom stereocenters. The first kappa shape index (κ1) is 30.2. The fourth-order valence-electron chi connectivity index (χ4n) is 10.4. The molecule has 0 radical (unpaired) electrons. The highest BCUT2D eigenvalue weighted by Gasteiger charge is 2.98. The van der Waals surface area contributed by atoms with Crippen LogP contribution in [0.1, 0.15) is 77.1 Å². The number of methoxy groups -OCH3 is 1. The number of hydrogen-bond donors (Lipinski definition) is 4. The van der Waals surface area contributed by atoms with Gasteiger partial charge in [0.2, 0.25) is 0 Å². The molecule has 5 aliphatic rings. The quantitative estimate of drug-likeness (QED) is 0.207. The number of carbonyl (C=O) groups is 4. The fourth-order valence-corrected chi connectivity index (χ4v) is 10.4. The predicted molar refractivity (Wildman–Crippen MR) is 144 cm³/mol. The van der Waals surface area contributed by atoms with Gasteiger partial charge in [0.05, 0.1) is 31.3 Å². The second-order valence-electron chi connectivity index (χ2n) is 14.4. The molecule has 2 bridgehead atoms. The third kappa shape index (κ3) is 3.06. The molecule has 0 spiro atoms. The largest absolute Gasteiger partial charge is 0.472 e. The summed E-state index contributed by atoms with van der Waals surface area (Å²) in [5.41, 5.74) is -14.1. The Morgan fingerprint density at radius 3 is 2.30 bits per heavy atom. The lowest BCUT2D eigenvalue weighted by atomic mass is 9.33.